The molecule has 2 aromatic rings. The van der Waals surface area contributed by atoms with Crippen molar-refractivity contribution < 1.29 is 23.6 Å². The summed E-state index contributed by atoms with van der Waals surface area (Å²) < 4.78 is 9.83. The highest BCUT2D eigenvalue weighted by atomic mass is 16.6. The van der Waals surface area contributed by atoms with Crippen molar-refractivity contribution in [3.8, 4) is 0 Å². The minimum absolute atomic E-state index is 0.0635. The van der Waals surface area contributed by atoms with Gasteiger partial charge in [-0.25, -0.2) is 4.79 Å². The van der Waals surface area contributed by atoms with Crippen LogP contribution in [-0.4, -0.2) is 35.6 Å². The lowest BCUT2D eigenvalue weighted by Gasteiger charge is -2.27. The van der Waals surface area contributed by atoms with Crippen molar-refractivity contribution in [2.45, 2.75) is 26.3 Å². The molecule has 25 heavy (non-hydrogen) atoms. The molecular formula is C17H17N3O5. The molecule has 8 heteroatoms. The molecule has 0 radical (unpaired) electrons. The summed E-state index contributed by atoms with van der Waals surface area (Å²) in [6, 6.07) is 8.05. The Morgan fingerprint density at radius 2 is 2.16 bits per heavy atom. The number of ether oxygens (including phenoxy) is 1. The molecule has 2 amide bonds. The Balaban J connectivity index is 1.76. The maximum absolute atomic E-state index is 12.6. The second-order valence-electron chi connectivity index (χ2n) is 5.79. The van der Waals surface area contributed by atoms with Crippen LogP contribution in [0.3, 0.4) is 0 Å². The number of aryl methyl sites for hydroxylation is 1. The number of aromatic nitrogens is 1. The first kappa shape index (κ1) is 16.7. The van der Waals surface area contributed by atoms with Crippen molar-refractivity contribution in [1.82, 2.24) is 5.16 Å². The first-order valence-corrected chi connectivity index (χ1v) is 7.77. The Hall–Kier alpha value is -3.16. The lowest BCUT2D eigenvalue weighted by Crippen LogP contribution is -2.41. The van der Waals surface area contributed by atoms with Gasteiger partial charge in [-0.05, 0) is 26.0 Å². The van der Waals surface area contributed by atoms with Crippen molar-refractivity contribution in [3.63, 3.8) is 0 Å². The zero-order valence-electron chi connectivity index (χ0n) is 13.8. The summed E-state index contributed by atoms with van der Waals surface area (Å²) in [5.74, 6) is -1.43. The Labute approximate surface area is 143 Å². The van der Waals surface area contributed by atoms with Gasteiger partial charge >= 0.3 is 5.97 Å². The molecule has 0 unspecified atom stereocenters. The second-order valence-corrected chi connectivity index (χ2v) is 5.79. The molecule has 2 heterocycles. The van der Waals surface area contributed by atoms with E-state index >= 15 is 0 Å². The molecule has 1 aliphatic rings. The highest BCUT2D eigenvalue weighted by molar-refractivity contribution is 6.05. The Bertz CT molecular complexity index is 829. The molecule has 0 spiro atoms. The number of rotatable bonds is 3. The van der Waals surface area contributed by atoms with Gasteiger partial charge in [-0.15, -0.1) is 0 Å². The van der Waals surface area contributed by atoms with E-state index in [1.165, 1.54) is 11.0 Å². The van der Waals surface area contributed by atoms with Crippen LogP contribution in [0.15, 0.2) is 34.9 Å². The average Bonchev–Trinajstić information content (AvgIpc) is 2.95. The van der Waals surface area contributed by atoms with Gasteiger partial charge in [-0.3, -0.25) is 9.59 Å². The number of hydrogen-bond donors (Lipinski definition) is 1. The van der Waals surface area contributed by atoms with Crippen LogP contribution in [0.25, 0.3) is 0 Å². The minimum atomic E-state index is -0.765. The van der Waals surface area contributed by atoms with E-state index in [1.54, 1.807) is 38.1 Å². The van der Waals surface area contributed by atoms with Crippen LogP contribution in [-0.2, 0) is 14.3 Å². The van der Waals surface area contributed by atoms with Crippen LogP contribution in [0.5, 0.6) is 0 Å². The standard InChI is InChI=1S/C17H17N3O5/c1-10-7-14(25-19-10)17(23)24-9-16(22)20-11(2)8-15(21)18-12-5-3-4-6-13(12)20/h3-7,11H,8-9H2,1-2H3,(H,18,21)/t11-/m0/s1. The number of amides is 2. The summed E-state index contributed by atoms with van der Waals surface area (Å²) in [7, 11) is 0. The summed E-state index contributed by atoms with van der Waals surface area (Å²) in [5.41, 5.74) is 1.65. The number of benzene rings is 1. The molecule has 1 N–H and O–H groups in total. The highest BCUT2D eigenvalue weighted by Gasteiger charge is 2.30. The van der Waals surface area contributed by atoms with E-state index in [-0.39, 0.29) is 24.1 Å². The zero-order valence-corrected chi connectivity index (χ0v) is 13.8. The Morgan fingerprint density at radius 3 is 2.88 bits per heavy atom. The van der Waals surface area contributed by atoms with Gasteiger partial charge < -0.3 is 19.5 Å². The van der Waals surface area contributed by atoms with Crippen LogP contribution in [0.1, 0.15) is 29.6 Å². The van der Waals surface area contributed by atoms with Gasteiger partial charge in [0, 0.05) is 18.5 Å². The summed E-state index contributed by atoms with van der Waals surface area (Å²) in [4.78, 5) is 37.9. The Kier molecular flexibility index (Phi) is 4.51. The molecule has 0 bridgehead atoms. The zero-order chi connectivity index (χ0) is 18.0. The summed E-state index contributed by atoms with van der Waals surface area (Å²) in [6.07, 6.45) is 0.148. The largest absolute Gasteiger partial charge is 0.450 e. The molecule has 0 saturated heterocycles. The fraction of sp³-hybridized carbons (Fsp3) is 0.294. The molecule has 0 saturated carbocycles. The van der Waals surface area contributed by atoms with Crippen molar-refractivity contribution in [3.05, 3.63) is 41.8 Å². The third-order valence-corrected chi connectivity index (χ3v) is 3.78. The van der Waals surface area contributed by atoms with E-state index < -0.39 is 18.5 Å². The van der Waals surface area contributed by atoms with Crippen molar-refractivity contribution in [2.75, 3.05) is 16.8 Å². The molecule has 1 aromatic heterocycles. The molecule has 1 aliphatic heterocycles. The lowest BCUT2D eigenvalue weighted by atomic mass is 10.1. The number of carbonyl (C=O) groups excluding carboxylic acids is 3. The smallest absolute Gasteiger partial charge is 0.377 e. The summed E-state index contributed by atoms with van der Waals surface area (Å²) >= 11 is 0. The fourth-order valence-corrected chi connectivity index (χ4v) is 2.70. The van der Waals surface area contributed by atoms with Crippen LogP contribution < -0.4 is 10.2 Å². The van der Waals surface area contributed by atoms with E-state index in [0.29, 0.717) is 17.1 Å². The van der Waals surface area contributed by atoms with Gasteiger partial charge in [0.25, 0.3) is 5.91 Å². The van der Waals surface area contributed by atoms with Crippen molar-refractivity contribution >= 4 is 29.2 Å². The molecule has 130 valence electrons. The van der Waals surface area contributed by atoms with E-state index in [0.717, 1.165) is 0 Å². The lowest BCUT2D eigenvalue weighted by molar-refractivity contribution is -0.122. The van der Waals surface area contributed by atoms with Crippen LogP contribution in [0.4, 0.5) is 11.4 Å². The van der Waals surface area contributed by atoms with Gasteiger partial charge in [-0.1, -0.05) is 17.3 Å². The van der Waals surface area contributed by atoms with E-state index in [1.807, 2.05) is 0 Å². The SMILES string of the molecule is Cc1cc(C(=O)OCC(=O)N2c3ccccc3NC(=O)C[C@@H]2C)on1. The number of hydrogen-bond acceptors (Lipinski definition) is 6. The van der Waals surface area contributed by atoms with E-state index in [2.05, 4.69) is 10.5 Å². The topological polar surface area (TPSA) is 102 Å². The predicted octanol–water partition coefficient (Wildman–Crippen LogP) is 1.90. The monoisotopic (exact) mass is 343 g/mol. The van der Waals surface area contributed by atoms with Gasteiger partial charge in [0.2, 0.25) is 11.7 Å². The van der Waals surface area contributed by atoms with Gasteiger partial charge in [0.1, 0.15) is 0 Å². The highest BCUT2D eigenvalue weighted by Crippen LogP contribution is 2.31. The molecule has 1 aromatic carbocycles. The van der Waals surface area contributed by atoms with Crippen molar-refractivity contribution in [2.24, 2.45) is 0 Å². The van der Waals surface area contributed by atoms with Crippen molar-refractivity contribution in [1.29, 1.82) is 0 Å². The normalized spacial score (nSPS) is 16.6. The number of carbonyl (C=O) groups is 3. The van der Waals surface area contributed by atoms with E-state index in [4.69, 9.17) is 9.26 Å². The average molecular weight is 343 g/mol. The van der Waals surface area contributed by atoms with Gasteiger partial charge in [0.15, 0.2) is 6.61 Å². The number of nitrogens with zero attached hydrogens (tertiary/aromatic N) is 2. The molecule has 8 nitrogen and oxygen atoms in total. The predicted molar refractivity (Wildman–Crippen MR) is 88.2 cm³/mol. The number of esters is 1. The first-order chi connectivity index (χ1) is 12.0. The molecule has 1 atom stereocenters. The second kappa shape index (κ2) is 6.76. The summed E-state index contributed by atoms with van der Waals surface area (Å²) in [5, 5.41) is 6.37. The molecule has 3 rings (SSSR count). The van der Waals surface area contributed by atoms with Gasteiger partial charge in [-0.2, -0.15) is 0 Å². The number of para-hydroxylation sites is 2. The number of fused-ring (bicyclic) bond motifs is 1. The maximum Gasteiger partial charge on any atom is 0.377 e. The molecule has 0 aliphatic carbocycles. The third kappa shape index (κ3) is 3.52. The minimum Gasteiger partial charge on any atom is -0.450 e. The third-order valence-electron chi connectivity index (χ3n) is 3.78. The molecule has 0 fully saturated rings. The summed E-state index contributed by atoms with van der Waals surface area (Å²) in [6.45, 7) is 2.97. The van der Waals surface area contributed by atoms with Crippen LogP contribution >= 0.6 is 0 Å². The molecular weight excluding hydrogens is 326 g/mol. The fourth-order valence-electron chi connectivity index (χ4n) is 2.70. The number of nitrogens with one attached hydrogen (secondary N) is 1. The maximum atomic E-state index is 12.6. The number of anilines is 2. The van der Waals surface area contributed by atoms with Crippen LogP contribution in [0.2, 0.25) is 0 Å². The quantitative estimate of drug-likeness (QED) is 0.854. The van der Waals surface area contributed by atoms with E-state index in [9.17, 15) is 14.4 Å². The Morgan fingerprint density at radius 1 is 1.40 bits per heavy atom. The first-order valence-electron chi connectivity index (χ1n) is 7.77. The van der Waals surface area contributed by atoms with Gasteiger partial charge in [0.05, 0.1) is 17.1 Å². The van der Waals surface area contributed by atoms with Crippen LogP contribution in [0, 0.1) is 6.92 Å².